The van der Waals surface area contributed by atoms with E-state index in [2.05, 4.69) is 40.3 Å². The van der Waals surface area contributed by atoms with Crippen LogP contribution >= 0.6 is 11.8 Å². The molecular weight excluding hydrogens is 370 g/mol. The summed E-state index contributed by atoms with van der Waals surface area (Å²) in [5.74, 6) is -0.206. The monoisotopic (exact) mass is 389 g/mol. The Balaban J connectivity index is 1.77. The summed E-state index contributed by atoms with van der Waals surface area (Å²) in [7, 11) is 0. The number of pyridine rings is 1. The highest BCUT2D eigenvalue weighted by molar-refractivity contribution is 8.00. The van der Waals surface area contributed by atoms with Crippen molar-refractivity contribution in [2.45, 2.75) is 36.1 Å². The fourth-order valence-electron chi connectivity index (χ4n) is 3.65. The molecule has 0 amide bonds. The highest BCUT2D eigenvalue weighted by Gasteiger charge is 2.27. The number of imidazole rings is 1. The lowest BCUT2D eigenvalue weighted by Gasteiger charge is -2.15. The summed E-state index contributed by atoms with van der Waals surface area (Å²) in [5.41, 5.74) is 3.89. The molecule has 2 aromatic heterocycles. The molecule has 0 saturated heterocycles. The number of thioether (sulfide) groups is 1. The van der Waals surface area contributed by atoms with Crippen LogP contribution in [0, 0.1) is 0 Å². The molecule has 1 aliphatic carbocycles. The summed E-state index contributed by atoms with van der Waals surface area (Å²) >= 11 is 1.24. The molecule has 1 unspecified atom stereocenters. The molecule has 4 aromatic rings. The number of hydrogen-bond donors (Lipinski definition) is 1. The molecule has 0 spiro atoms. The number of hydrogen-bond acceptors (Lipinski definition) is 4. The quantitative estimate of drug-likeness (QED) is 0.486. The van der Waals surface area contributed by atoms with E-state index in [0.29, 0.717) is 11.1 Å². The lowest BCUT2D eigenvalue weighted by atomic mass is 9.99. The standard InChI is InChI=1S/C22H19N3O2S/c1-13(21(26)27)28-22-24-18-7-4-12-23-20(18)25(22)19-11-10-15(14-8-9-14)16-5-2-3-6-17(16)19/h2-7,10-14H,8-9H2,1H3,(H,26,27). The number of benzene rings is 2. The van der Waals surface area contributed by atoms with Crippen LogP contribution in [0.25, 0.3) is 27.6 Å². The van der Waals surface area contributed by atoms with Crippen LogP contribution in [0.2, 0.25) is 0 Å². The molecular formula is C22H19N3O2S. The molecule has 1 fully saturated rings. The van der Waals surface area contributed by atoms with Crippen LogP contribution in [0.5, 0.6) is 0 Å². The molecule has 0 aliphatic heterocycles. The zero-order valence-corrected chi connectivity index (χ0v) is 16.2. The third kappa shape index (κ3) is 2.85. The predicted octanol–water partition coefficient (Wildman–Crippen LogP) is 5.02. The average Bonchev–Trinajstić information content (AvgIpc) is 3.48. The van der Waals surface area contributed by atoms with Crippen molar-refractivity contribution in [3.63, 3.8) is 0 Å². The summed E-state index contributed by atoms with van der Waals surface area (Å²) in [5, 5.41) is 11.8. The van der Waals surface area contributed by atoms with Crippen LogP contribution in [0.1, 0.15) is 31.2 Å². The molecule has 6 heteroatoms. The molecule has 1 saturated carbocycles. The van der Waals surface area contributed by atoms with Crippen LogP contribution < -0.4 is 0 Å². The third-order valence-corrected chi connectivity index (χ3v) is 6.25. The second kappa shape index (κ2) is 6.63. The number of carboxylic acid groups (broad SMARTS) is 1. The molecule has 28 heavy (non-hydrogen) atoms. The summed E-state index contributed by atoms with van der Waals surface area (Å²) in [6.45, 7) is 1.68. The van der Waals surface area contributed by atoms with E-state index in [1.165, 1.54) is 35.6 Å². The van der Waals surface area contributed by atoms with Gasteiger partial charge in [-0.25, -0.2) is 9.97 Å². The fraction of sp³-hybridized carbons (Fsp3) is 0.227. The predicted molar refractivity (Wildman–Crippen MR) is 111 cm³/mol. The Hall–Kier alpha value is -2.86. The number of fused-ring (bicyclic) bond motifs is 2. The average molecular weight is 389 g/mol. The van der Waals surface area contributed by atoms with Crippen molar-refractivity contribution >= 4 is 39.7 Å². The van der Waals surface area contributed by atoms with Crippen molar-refractivity contribution in [1.82, 2.24) is 14.5 Å². The molecule has 5 nitrogen and oxygen atoms in total. The van der Waals surface area contributed by atoms with Gasteiger partial charge in [0.2, 0.25) is 0 Å². The van der Waals surface area contributed by atoms with Crippen LogP contribution in [0.4, 0.5) is 0 Å². The van der Waals surface area contributed by atoms with Crippen LogP contribution in [0.3, 0.4) is 0 Å². The maximum absolute atomic E-state index is 11.4. The minimum Gasteiger partial charge on any atom is -0.480 e. The number of nitrogens with zero attached hydrogens (tertiary/aromatic N) is 3. The van der Waals surface area contributed by atoms with Crippen molar-refractivity contribution in [3.05, 3.63) is 60.3 Å². The summed E-state index contributed by atoms with van der Waals surface area (Å²) < 4.78 is 2.00. The van der Waals surface area contributed by atoms with Gasteiger partial charge in [0.1, 0.15) is 10.8 Å². The normalized spacial score (nSPS) is 15.2. The van der Waals surface area contributed by atoms with Crippen molar-refractivity contribution in [3.8, 4) is 5.69 Å². The fourth-order valence-corrected chi connectivity index (χ4v) is 4.51. The van der Waals surface area contributed by atoms with E-state index >= 15 is 0 Å². The van der Waals surface area contributed by atoms with E-state index in [1.807, 2.05) is 22.8 Å². The van der Waals surface area contributed by atoms with Gasteiger partial charge in [0.05, 0.1) is 5.69 Å². The molecule has 5 rings (SSSR count). The summed E-state index contributed by atoms with van der Waals surface area (Å²) in [4.78, 5) is 20.7. The van der Waals surface area contributed by atoms with Gasteiger partial charge in [-0.1, -0.05) is 42.1 Å². The number of aromatic nitrogens is 3. The van der Waals surface area contributed by atoms with Gasteiger partial charge in [0.25, 0.3) is 0 Å². The van der Waals surface area contributed by atoms with Crippen LogP contribution in [0.15, 0.2) is 59.9 Å². The van der Waals surface area contributed by atoms with Gasteiger partial charge in [-0.15, -0.1) is 0 Å². The Morgan fingerprint density at radius 1 is 1.14 bits per heavy atom. The number of aliphatic carboxylic acids is 1. The molecule has 1 atom stereocenters. The lowest BCUT2D eigenvalue weighted by molar-refractivity contribution is -0.136. The molecule has 0 bridgehead atoms. The number of carbonyl (C=O) groups is 1. The van der Waals surface area contributed by atoms with Gasteiger partial charge in [0.15, 0.2) is 10.8 Å². The van der Waals surface area contributed by atoms with Crippen molar-refractivity contribution < 1.29 is 9.90 Å². The van der Waals surface area contributed by atoms with E-state index < -0.39 is 11.2 Å². The second-order valence-electron chi connectivity index (χ2n) is 7.17. The smallest absolute Gasteiger partial charge is 0.316 e. The van der Waals surface area contributed by atoms with E-state index in [9.17, 15) is 9.90 Å². The Labute approximate surface area is 166 Å². The third-order valence-electron chi connectivity index (χ3n) is 5.21. The van der Waals surface area contributed by atoms with Crippen LogP contribution in [-0.4, -0.2) is 30.9 Å². The first-order valence-corrected chi connectivity index (χ1v) is 10.3. The topological polar surface area (TPSA) is 68.0 Å². The molecule has 1 N–H and O–H groups in total. The number of rotatable bonds is 5. The Morgan fingerprint density at radius 3 is 2.68 bits per heavy atom. The van der Waals surface area contributed by atoms with Gasteiger partial charge in [0, 0.05) is 11.6 Å². The molecule has 2 aromatic carbocycles. The largest absolute Gasteiger partial charge is 0.480 e. The minimum atomic E-state index is -0.856. The summed E-state index contributed by atoms with van der Waals surface area (Å²) in [6.07, 6.45) is 4.24. The highest BCUT2D eigenvalue weighted by Crippen LogP contribution is 2.44. The Morgan fingerprint density at radius 2 is 1.93 bits per heavy atom. The van der Waals surface area contributed by atoms with Gasteiger partial charge in [-0.05, 0) is 54.8 Å². The zero-order chi connectivity index (χ0) is 19.3. The Kier molecular flexibility index (Phi) is 4.09. The molecule has 1 aliphatic rings. The maximum atomic E-state index is 11.4. The lowest BCUT2D eigenvalue weighted by Crippen LogP contribution is -2.12. The minimum absolute atomic E-state index is 0.604. The summed E-state index contributed by atoms with van der Waals surface area (Å²) in [6, 6.07) is 16.5. The van der Waals surface area contributed by atoms with Crippen LogP contribution in [-0.2, 0) is 4.79 Å². The second-order valence-corrected chi connectivity index (χ2v) is 8.48. The van der Waals surface area contributed by atoms with Gasteiger partial charge >= 0.3 is 5.97 Å². The van der Waals surface area contributed by atoms with E-state index in [1.54, 1.807) is 13.1 Å². The van der Waals surface area contributed by atoms with Crippen molar-refractivity contribution in [1.29, 1.82) is 0 Å². The molecule has 0 radical (unpaired) electrons. The maximum Gasteiger partial charge on any atom is 0.316 e. The Bertz CT molecular complexity index is 1210. The van der Waals surface area contributed by atoms with Gasteiger partial charge in [-0.2, -0.15) is 0 Å². The van der Waals surface area contributed by atoms with Crippen molar-refractivity contribution in [2.24, 2.45) is 0 Å². The van der Waals surface area contributed by atoms with Gasteiger partial charge < -0.3 is 5.11 Å². The van der Waals surface area contributed by atoms with Crippen molar-refractivity contribution in [2.75, 3.05) is 0 Å². The van der Waals surface area contributed by atoms with Gasteiger partial charge in [-0.3, -0.25) is 9.36 Å². The van der Waals surface area contributed by atoms with E-state index in [0.717, 1.165) is 22.2 Å². The van der Waals surface area contributed by atoms with E-state index in [4.69, 9.17) is 0 Å². The first-order chi connectivity index (χ1) is 13.6. The molecule has 140 valence electrons. The first-order valence-electron chi connectivity index (χ1n) is 9.38. The molecule has 2 heterocycles. The zero-order valence-electron chi connectivity index (χ0n) is 15.4. The highest BCUT2D eigenvalue weighted by atomic mass is 32.2. The van der Waals surface area contributed by atoms with E-state index in [-0.39, 0.29) is 0 Å². The SMILES string of the molecule is CC(Sc1nc2cccnc2n1-c1ccc(C2CC2)c2ccccc12)C(=O)O. The first kappa shape index (κ1) is 17.3. The number of carboxylic acids is 1.